The molecule has 4 nitrogen and oxygen atoms in total. The van der Waals surface area contributed by atoms with Crippen molar-refractivity contribution in [2.45, 2.75) is 20.0 Å². The Morgan fingerprint density at radius 2 is 1.86 bits per heavy atom. The van der Waals surface area contributed by atoms with Crippen LogP contribution in [0.5, 0.6) is 0 Å². The van der Waals surface area contributed by atoms with Gasteiger partial charge >= 0.3 is 0 Å². The molecule has 0 aliphatic carbocycles. The summed E-state index contributed by atoms with van der Waals surface area (Å²) in [5, 5.41) is 1.22. The van der Waals surface area contributed by atoms with Crippen LogP contribution in [-0.2, 0) is 13.1 Å². The summed E-state index contributed by atoms with van der Waals surface area (Å²) in [6.07, 6.45) is 3.92. The van der Waals surface area contributed by atoms with Crippen molar-refractivity contribution in [1.82, 2.24) is 14.5 Å². The van der Waals surface area contributed by atoms with E-state index in [4.69, 9.17) is 23.2 Å². The van der Waals surface area contributed by atoms with Gasteiger partial charge in [0.05, 0.1) is 16.6 Å². The van der Waals surface area contributed by atoms with E-state index in [0.29, 0.717) is 10.0 Å². The van der Waals surface area contributed by atoms with E-state index in [1.54, 1.807) is 0 Å². The Morgan fingerprint density at radius 1 is 1.09 bits per heavy atom. The molecule has 0 unspecified atom stereocenters. The second kappa shape index (κ2) is 6.90. The average molecular weight is 339 g/mol. The number of nitrogens with zero attached hydrogens (tertiary/aromatic N) is 4. The molecule has 2 aromatic rings. The molecule has 22 heavy (non-hydrogen) atoms. The normalized spacial score (nSPS) is 16.2. The number of aryl methyl sites for hydroxylation is 1. The maximum Gasteiger partial charge on any atom is 0.122 e. The Morgan fingerprint density at radius 3 is 2.55 bits per heavy atom. The Labute approximate surface area is 141 Å². The van der Waals surface area contributed by atoms with Crippen LogP contribution in [-0.4, -0.2) is 40.6 Å². The summed E-state index contributed by atoms with van der Waals surface area (Å²) in [5.74, 6) is 1.14. The van der Waals surface area contributed by atoms with Crippen LogP contribution >= 0.6 is 23.2 Å². The average Bonchev–Trinajstić information content (AvgIpc) is 2.98. The van der Waals surface area contributed by atoms with E-state index in [0.717, 1.165) is 50.8 Å². The SMILES string of the molecule is CCn1ccnc1CN1CCN(c2ccc(Cl)c(Cl)c2)CC1. The largest absolute Gasteiger partial charge is 0.369 e. The predicted octanol–water partition coefficient (Wildman–Crippen LogP) is 3.53. The number of anilines is 1. The number of hydrogen-bond acceptors (Lipinski definition) is 3. The standard InChI is InChI=1S/C16H20Cl2N4/c1-2-21-6-5-19-16(21)12-20-7-9-22(10-8-20)13-3-4-14(17)15(18)11-13/h3-6,11H,2,7-10,12H2,1H3. The molecule has 0 N–H and O–H groups in total. The topological polar surface area (TPSA) is 24.3 Å². The Balaban J connectivity index is 1.59. The van der Waals surface area contributed by atoms with Gasteiger partial charge in [-0.3, -0.25) is 4.90 Å². The second-order valence-corrected chi connectivity index (χ2v) is 6.31. The van der Waals surface area contributed by atoms with Gasteiger partial charge in [0, 0.05) is 50.8 Å². The van der Waals surface area contributed by atoms with Crippen LogP contribution in [0.2, 0.25) is 10.0 Å². The van der Waals surface area contributed by atoms with Gasteiger partial charge in [0.25, 0.3) is 0 Å². The molecule has 0 saturated carbocycles. The summed E-state index contributed by atoms with van der Waals surface area (Å²) >= 11 is 12.1. The molecule has 6 heteroatoms. The molecule has 0 spiro atoms. The third-order valence-electron chi connectivity index (χ3n) is 4.15. The van der Waals surface area contributed by atoms with E-state index >= 15 is 0 Å². The van der Waals surface area contributed by atoms with E-state index in [2.05, 4.69) is 26.3 Å². The first-order valence-corrected chi connectivity index (χ1v) is 8.35. The smallest absolute Gasteiger partial charge is 0.122 e. The van der Waals surface area contributed by atoms with Crippen LogP contribution in [0.4, 0.5) is 5.69 Å². The summed E-state index contributed by atoms with van der Waals surface area (Å²) in [4.78, 5) is 9.25. The molecular formula is C16H20Cl2N4. The first-order chi connectivity index (χ1) is 10.7. The lowest BCUT2D eigenvalue weighted by atomic mass is 10.2. The second-order valence-electron chi connectivity index (χ2n) is 5.49. The fraction of sp³-hybridized carbons (Fsp3) is 0.438. The number of halogens is 2. The van der Waals surface area contributed by atoms with Gasteiger partial charge in [-0.2, -0.15) is 0 Å². The van der Waals surface area contributed by atoms with Crippen molar-refractivity contribution in [2.75, 3.05) is 31.1 Å². The highest BCUT2D eigenvalue weighted by Gasteiger charge is 2.19. The quantitative estimate of drug-likeness (QED) is 0.852. The van der Waals surface area contributed by atoms with Crippen molar-refractivity contribution in [1.29, 1.82) is 0 Å². The Bertz CT molecular complexity index is 633. The Kier molecular flexibility index (Phi) is 4.91. The minimum atomic E-state index is 0.607. The van der Waals surface area contributed by atoms with Crippen LogP contribution in [0.25, 0.3) is 0 Å². The van der Waals surface area contributed by atoms with Crippen molar-refractivity contribution >= 4 is 28.9 Å². The minimum absolute atomic E-state index is 0.607. The summed E-state index contributed by atoms with van der Waals surface area (Å²) in [6, 6.07) is 5.85. The summed E-state index contributed by atoms with van der Waals surface area (Å²) in [5.41, 5.74) is 1.14. The number of hydrogen-bond donors (Lipinski definition) is 0. The first kappa shape index (κ1) is 15.7. The van der Waals surface area contributed by atoms with Gasteiger partial charge in [0.2, 0.25) is 0 Å². The zero-order chi connectivity index (χ0) is 15.5. The summed E-state index contributed by atoms with van der Waals surface area (Å²) in [7, 11) is 0. The Hall–Kier alpha value is -1.23. The monoisotopic (exact) mass is 338 g/mol. The molecule has 1 saturated heterocycles. The van der Waals surface area contributed by atoms with Gasteiger partial charge in [0.1, 0.15) is 5.82 Å². The predicted molar refractivity (Wildman–Crippen MR) is 91.9 cm³/mol. The molecule has 1 aliphatic rings. The fourth-order valence-corrected chi connectivity index (χ4v) is 3.12. The van der Waals surface area contributed by atoms with Gasteiger partial charge < -0.3 is 9.47 Å². The van der Waals surface area contributed by atoms with E-state index in [1.807, 2.05) is 30.6 Å². The lowest BCUT2D eigenvalue weighted by Crippen LogP contribution is -2.46. The molecule has 2 heterocycles. The first-order valence-electron chi connectivity index (χ1n) is 7.59. The molecule has 1 fully saturated rings. The lowest BCUT2D eigenvalue weighted by Gasteiger charge is -2.36. The van der Waals surface area contributed by atoms with E-state index in [1.165, 1.54) is 0 Å². The highest BCUT2D eigenvalue weighted by molar-refractivity contribution is 6.42. The zero-order valence-corrected chi connectivity index (χ0v) is 14.2. The van der Waals surface area contributed by atoms with Crippen LogP contribution in [0.1, 0.15) is 12.7 Å². The highest BCUT2D eigenvalue weighted by Crippen LogP contribution is 2.27. The highest BCUT2D eigenvalue weighted by atomic mass is 35.5. The number of imidazole rings is 1. The lowest BCUT2D eigenvalue weighted by molar-refractivity contribution is 0.241. The van der Waals surface area contributed by atoms with E-state index in [9.17, 15) is 0 Å². The fourth-order valence-electron chi connectivity index (χ4n) is 2.83. The van der Waals surface area contributed by atoms with Crippen molar-refractivity contribution in [3.8, 4) is 0 Å². The molecular weight excluding hydrogens is 319 g/mol. The van der Waals surface area contributed by atoms with Crippen LogP contribution in [0, 0.1) is 0 Å². The van der Waals surface area contributed by atoms with Gasteiger partial charge in [-0.25, -0.2) is 4.98 Å². The van der Waals surface area contributed by atoms with Gasteiger partial charge in [-0.15, -0.1) is 0 Å². The van der Waals surface area contributed by atoms with E-state index < -0.39 is 0 Å². The molecule has 0 atom stereocenters. The third-order valence-corrected chi connectivity index (χ3v) is 4.89. The molecule has 118 valence electrons. The minimum Gasteiger partial charge on any atom is -0.369 e. The summed E-state index contributed by atoms with van der Waals surface area (Å²) < 4.78 is 2.20. The molecule has 1 aromatic heterocycles. The molecule has 1 aliphatic heterocycles. The third kappa shape index (κ3) is 3.40. The number of benzene rings is 1. The summed E-state index contributed by atoms with van der Waals surface area (Å²) in [6.45, 7) is 8.06. The maximum absolute atomic E-state index is 6.11. The van der Waals surface area contributed by atoms with Gasteiger partial charge in [-0.1, -0.05) is 23.2 Å². The number of rotatable bonds is 4. The van der Waals surface area contributed by atoms with Crippen molar-refractivity contribution in [3.63, 3.8) is 0 Å². The number of aromatic nitrogens is 2. The van der Waals surface area contributed by atoms with Gasteiger partial charge in [0.15, 0.2) is 0 Å². The molecule has 1 aromatic carbocycles. The number of piperazine rings is 1. The molecule has 0 amide bonds. The molecule has 3 rings (SSSR count). The molecule has 0 bridgehead atoms. The van der Waals surface area contributed by atoms with Crippen molar-refractivity contribution in [2.24, 2.45) is 0 Å². The molecule has 0 radical (unpaired) electrons. The van der Waals surface area contributed by atoms with Crippen molar-refractivity contribution in [3.05, 3.63) is 46.5 Å². The van der Waals surface area contributed by atoms with Gasteiger partial charge in [-0.05, 0) is 25.1 Å². The van der Waals surface area contributed by atoms with Crippen LogP contribution < -0.4 is 4.90 Å². The maximum atomic E-state index is 6.11. The van der Waals surface area contributed by atoms with Crippen LogP contribution in [0.15, 0.2) is 30.6 Å². The van der Waals surface area contributed by atoms with E-state index in [-0.39, 0.29) is 0 Å². The van der Waals surface area contributed by atoms with Crippen LogP contribution in [0.3, 0.4) is 0 Å². The zero-order valence-electron chi connectivity index (χ0n) is 12.7. The van der Waals surface area contributed by atoms with Crippen molar-refractivity contribution < 1.29 is 0 Å².